The van der Waals surface area contributed by atoms with Crippen LogP contribution in [0, 0.1) is 0 Å². The topological polar surface area (TPSA) is 72.7 Å². The molecule has 2 aromatic rings. The summed E-state index contributed by atoms with van der Waals surface area (Å²) in [5, 5.41) is 8.83. The second kappa shape index (κ2) is 7.43. The highest BCUT2D eigenvalue weighted by Crippen LogP contribution is 2.32. The van der Waals surface area contributed by atoms with E-state index in [1.165, 1.54) is 19.3 Å². The van der Waals surface area contributed by atoms with Crippen LogP contribution in [0.2, 0.25) is 0 Å². The number of aryl methyl sites for hydroxylation is 1. The molecule has 1 aromatic carbocycles. The number of piperazine rings is 1. The SMILES string of the molecule is O=C(c1ccc2c(c1)OCO2)N1CCN(Cc2nnc3n2CCCCC3)CC1. The Labute approximate surface area is 164 Å². The van der Waals surface area contributed by atoms with Crippen molar-refractivity contribution in [1.29, 1.82) is 0 Å². The van der Waals surface area contributed by atoms with Gasteiger partial charge in [-0.2, -0.15) is 0 Å². The Hall–Kier alpha value is -2.61. The predicted molar refractivity (Wildman–Crippen MR) is 101 cm³/mol. The van der Waals surface area contributed by atoms with Crippen LogP contribution in [0.15, 0.2) is 18.2 Å². The fourth-order valence-electron chi connectivity index (χ4n) is 4.18. The monoisotopic (exact) mass is 383 g/mol. The molecule has 1 aromatic heterocycles. The van der Waals surface area contributed by atoms with E-state index in [-0.39, 0.29) is 12.7 Å². The third-order valence-corrected chi connectivity index (χ3v) is 5.83. The molecule has 28 heavy (non-hydrogen) atoms. The van der Waals surface area contributed by atoms with Crippen molar-refractivity contribution in [3.8, 4) is 11.5 Å². The van der Waals surface area contributed by atoms with Gasteiger partial charge in [-0.25, -0.2) is 0 Å². The van der Waals surface area contributed by atoms with Gasteiger partial charge >= 0.3 is 0 Å². The number of carbonyl (C=O) groups is 1. The van der Waals surface area contributed by atoms with Crippen LogP contribution in [0.5, 0.6) is 11.5 Å². The molecular weight excluding hydrogens is 358 g/mol. The highest BCUT2D eigenvalue weighted by Gasteiger charge is 2.25. The van der Waals surface area contributed by atoms with Gasteiger partial charge in [0.25, 0.3) is 5.91 Å². The van der Waals surface area contributed by atoms with E-state index < -0.39 is 0 Å². The number of amides is 1. The van der Waals surface area contributed by atoms with E-state index in [4.69, 9.17) is 9.47 Å². The smallest absolute Gasteiger partial charge is 0.254 e. The first-order chi connectivity index (χ1) is 13.8. The maximum atomic E-state index is 12.8. The van der Waals surface area contributed by atoms with Gasteiger partial charge in [0.15, 0.2) is 11.5 Å². The summed E-state index contributed by atoms with van der Waals surface area (Å²) in [5.74, 6) is 3.59. The zero-order valence-electron chi connectivity index (χ0n) is 16.0. The molecular formula is C20H25N5O3. The van der Waals surface area contributed by atoms with E-state index >= 15 is 0 Å². The van der Waals surface area contributed by atoms with Crippen LogP contribution >= 0.6 is 0 Å². The Balaban J connectivity index is 1.20. The lowest BCUT2D eigenvalue weighted by Crippen LogP contribution is -2.48. The lowest BCUT2D eigenvalue weighted by Gasteiger charge is -2.34. The molecule has 0 unspecified atom stereocenters. The molecule has 3 aliphatic rings. The first-order valence-electron chi connectivity index (χ1n) is 10.1. The third-order valence-electron chi connectivity index (χ3n) is 5.83. The van der Waals surface area contributed by atoms with Gasteiger partial charge in [-0.1, -0.05) is 6.42 Å². The maximum absolute atomic E-state index is 12.8. The van der Waals surface area contributed by atoms with E-state index in [2.05, 4.69) is 19.7 Å². The first-order valence-corrected chi connectivity index (χ1v) is 10.1. The molecule has 0 spiro atoms. The summed E-state index contributed by atoms with van der Waals surface area (Å²) in [7, 11) is 0. The van der Waals surface area contributed by atoms with Gasteiger partial charge in [-0.05, 0) is 31.0 Å². The normalized spacial score (nSPS) is 19.4. The van der Waals surface area contributed by atoms with Gasteiger partial charge in [-0.15, -0.1) is 10.2 Å². The molecule has 3 aliphatic heterocycles. The van der Waals surface area contributed by atoms with Crippen LogP contribution in [-0.2, 0) is 19.5 Å². The molecule has 1 amide bonds. The van der Waals surface area contributed by atoms with Crippen LogP contribution in [0.4, 0.5) is 0 Å². The number of benzene rings is 1. The number of rotatable bonds is 3. The summed E-state index contributed by atoms with van der Waals surface area (Å²) < 4.78 is 13.0. The van der Waals surface area contributed by atoms with Crippen molar-refractivity contribution in [1.82, 2.24) is 24.6 Å². The zero-order chi connectivity index (χ0) is 18.9. The number of carbonyl (C=O) groups excluding carboxylic acids is 1. The summed E-state index contributed by atoms with van der Waals surface area (Å²) in [6.07, 6.45) is 4.71. The summed E-state index contributed by atoms with van der Waals surface area (Å²) in [6.45, 7) is 5.18. The highest BCUT2D eigenvalue weighted by atomic mass is 16.7. The highest BCUT2D eigenvalue weighted by molar-refractivity contribution is 5.95. The minimum absolute atomic E-state index is 0.0503. The fraction of sp³-hybridized carbons (Fsp3) is 0.550. The van der Waals surface area contributed by atoms with Gasteiger partial charge in [0.2, 0.25) is 6.79 Å². The Bertz CT molecular complexity index is 873. The molecule has 1 fully saturated rings. The predicted octanol–water partition coefficient (Wildman–Crippen LogP) is 1.69. The molecule has 0 radical (unpaired) electrons. The Morgan fingerprint density at radius 3 is 2.71 bits per heavy atom. The van der Waals surface area contributed by atoms with E-state index in [1.54, 1.807) is 6.07 Å². The number of fused-ring (bicyclic) bond motifs is 2. The third kappa shape index (κ3) is 3.32. The minimum atomic E-state index is 0.0503. The Morgan fingerprint density at radius 1 is 0.964 bits per heavy atom. The van der Waals surface area contributed by atoms with E-state index in [1.807, 2.05) is 17.0 Å². The molecule has 5 rings (SSSR count). The molecule has 8 nitrogen and oxygen atoms in total. The zero-order valence-corrected chi connectivity index (χ0v) is 16.0. The maximum Gasteiger partial charge on any atom is 0.254 e. The summed E-state index contributed by atoms with van der Waals surface area (Å²) in [5.41, 5.74) is 0.653. The van der Waals surface area contributed by atoms with E-state index in [9.17, 15) is 4.79 Å². The van der Waals surface area contributed by atoms with Crippen LogP contribution in [0.3, 0.4) is 0 Å². The van der Waals surface area contributed by atoms with Crippen molar-refractivity contribution in [2.75, 3.05) is 33.0 Å². The standard InChI is InChI=1S/C20H25N5O3/c26-20(15-5-6-16-17(12-15)28-14-27-16)24-10-8-23(9-11-24)13-19-22-21-18-4-2-1-3-7-25(18)19/h5-6,12H,1-4,7-11,13-14H2. The molecule has 0 N–H and O–H groups in total. The van der Waals surface area contributed by atoms with Crippen molar-refractivity contribution in [3.63, 3.8) is 0 Å². The molecule has 8 heteroatoms. The van der Waals surface area contributed by atoms with Crippen molar-refractivity contribution in [2.45, 2.75) is 38.8 Å². The molecule has 4 heterocycles. The molecule has 0 aliphatic carbocycles. The number of hydrogen-bond donors (Lipinski definition) is 0. The molecule has 148 valence electrons. The molecule has 0 bridgehead atoms. The Morgan fingerprint density at radius 2 is 1.82 bits per heavy atom. The van der Waals surface area contributed by atoms with Crippen molar-refractivity contribution in [2.24, 2.45) is 0 Å². The second-order valence-corrected chi connectivity index (χ2v) is 7.63. The average Bonchev–Trinajstić information content (AvgIpc) is 3.27. The Kier molecular flexibility index (Phi) is 4.64. The summed E-state index contributed by atoms with van der Waals surface area (Å²) in [6, 6.07) is 5.40. The van der Waals surface area contributed by atoms with Crippen molar-refractivity contribution in [3.05, 3.63) is 35.4 Å². The van der Waals surface area contributed by atoms with Gasteiger partial charge in [0.1, 0.15) is 11.6 Å². The van der Waals surface area contributed by atoms with Crippen LogP contribution in [-0.4, -0.2) is 63.4 Å². The minimum Gasteiger partial charge on any atom is -0.454 e. The number of hydrogen-bond acceptors (Lipinski definition) is 6. The lowest BCUT2D eigenvalue weighted by atomic mass is 10.1. The lowest BCUT2D eigenvalue weighted by molar-refractivity contribution is 0.0623. The largest absolute Gasteiger partial charge is 0.454 e. The van der Waals surface area contributed by atoms with Crippen LogP contribution in [0.1, 0.15) is 41.3 Å². The molecule has 0 saturated carbocycles. The van der Waals surface area contributed by atoms with E-state index in [0.29, 0.717) is 30.2 Å². The van der Waals surface area contributed by atoms with Gasteiger partial charge in [0, 0.05) is 44.7 Å². The molecule has 0 atom stereocenters. The van der Waals surface area contributed by atoms with Gasteiger partial charge in [-0.3, -0.25) is 9.69 Å². The number of aromatic nitrogens is 3. The first kappa shape index (κ1) is 17.5. The average molecular weight is 383 g/mol. The fourth-order valence-corrected chi connectivity index (χ4v) is 4.18. The second-order valence-electron chi connectivity index (χ2n) is 7.63. The van der Waals surface area contributed by atoms with Gasteiger partial charge in [0.05, 0.1) is 6.54 Å². The van der Waals surface area contributed by atoms with E-state index in [0.717, 1.165) is 44.2 Å². The van der Waals surface area contributed by atoms with Gasteiger partial charge < -0.3 is 18.9 Å². The van der Waals surface area contributed by atoms with Crippen molar-refractivity contribution >= 4 is 5.91 Å². The van der Waals surface area contributed by atoms with Crippen LogP contribution in [0.25, 0.3) is 0 Å². The summed E-state index contributed by atoms with van der Waals surface area (Å²) >= 11 is 0. The summed E-state index contributed by atoms with van der Waals surface area (Å²) in [4.78, 5) is 17.1. The number of ether oxygens (including phenoxy) is 2. The quantitative estimate of drug-likeness (QED) is 0.803. The molecule has 1 saturated heterocycles. The van der Waals surface area contributed by atoms with Crippen LogP contribution < -0.4 is 9.47 Å². The van der Waals surface area contributed by atoms with Crippen molar-refractivity contribution < 1.29 is 14.3 Å². The number of nitrogens with zero attached hydrogens (tertiary/aromatic N) is 5.